The summed E-state index contributed by atoms with van der Waals surface area (Å²) >= 11 is 0. The Morgan fingerprint density at radius 2 is 2.35 bits per heavy atom. The van der Waals surface area contributed by atoms with E-state index >= 15 is 0 Å². The van der Waals surface area contributed by atoms with Crippen LogP contribution in [0.15, 0.2) is 18.2 Å². The number of benzene rings is 1. The smallest absolute Gasteiger partial charge is 0.121 e. The number of hydrogen-bond donors (Lipinski definition) is 2. The molecule has 1 aromatic rings. The zero-order valence-electron chi connectivity index (χ0n) is 10.4. The molecule has 0 radical (unpaired) electrons. The lowest BCUT2D eigenvalue weighted by Crippen LogP contribution is -2.30. The Labute approximate surface area is 103 Å². The number of methoxy groups -OCH3 is 1. The van der Waals surface area contributed by atoms with Crippen LogP contribution in [-0.4, -0.2) is 25.3 Å². The van der Waals surface area contributed by atoms with Gasteiger partial charge in [-0.1, -0.05) is 12.1 Å². The molecule has 1 fully saturated rings. The van der Waals surface area contributed by atoms with E-state index in [0.29, 0.717) is 18.3 Å². The first-order valence-electron chi connectivity index (χ1n) is 6.30. The highest BCUT2D eigenvalue weighted by Gasteiger charge is 2.14. The lowest BCUT2D eigenvalue weighted by molar-refractivity contribution is 0.182. The van der Waals surface area contributed by atoms with Crippen molar-refractivity contribution in [3.8, 4) is 5.75 Å². The van der Waals surface area contributed by atoms with Crippen LogP contribution < -0.4 is 5.32 Å². The first-order valence-corrected chi connectivity index (χ1v) is 6.30. The number of nitrogens with one attached hydrogen (secondary N) is 1. The molecule has 0 spiro atoms. The van der Waals surface area contributed by atoms with Crippen molar-refractivity contribution in [2.24, 2.45) is 5.92 Å². The second kappa shape index (κ2) is 6.03. The number of ether oxygens (including phenoxy) is 1. The van der Waals surface area contributed by atoms with E-state index in [1.54, 1.807) is 7.11 Å². The molecule has 94 valence electrons. The summed E-state index contributed by atoms with van der Waals surface area (Å²) in [6, 6.07) is 5.94. The van der Waals surface area contributed by atoms with Crippen LogP contribution in [0.25, 0.3) is 0 Å². The van der Waals surface area contributed by atoms with E-state index in [-0.39, 0.29) is 0 Å². The summed E-state index contributed by atoms with van der Waals surface area (Å²) < 4.78 is 5.03. The molecule has 1 unspecified atom stereocenters. The number of aromatic hydroxyl groups is 1. The van der Waals surface area contributed by atoms with E-state index in [0.717, 1.165) is 25.1 Å². The Morgan fingerprint density at radius 3 is 3.00 bits per heavy atom. The maximum atomic E-state index is 9.86. The molecule has 0 saturated carbocycles. The molecular weight excluding hydrogens is 214 g/mol. The third kappa shape index (κ3) is 3.45. The van der Waals surface area contributed by atoms with E-state index in [4.69, 9.17) is 4.74 Å². The quantitative estimate of drug-likeness (QED) is 0.839. The zero-order valence-corrected chi connectivity index (χ0v) is 10.4. The molecular formula is C14H21NO2. The molecule has 1 aliphatic rings. The molecule has 1 saturated heterocycles. The summed E-state index contributed by atoms with van der Waals surface area (Å²) in [4.78, 5) is 0. The summed E-state index contributed by atoms with van der Waals surface area (Å²) in [6.45, 7) is 2.71. The van der Waals surface area contributed by atoms with Crippen LogP contribution in [0, 0.1) is 5.92 Å². The van der Waals surface area contributed by atoms with Gasteiger partial charge in [-0.05, 0) is 49.9 Å². The molecule has 0 bridgehead atoms. The highest BCUT2D eigenvalue weighted by molar-refractivity contribution is 5.36. The number of hydrogen-bond acceptors (Lipinski definition) is 3. The van der Waals surface area contributed by atoms with E-state index < -0.39 is 0 Å². The van der Waals surface area contributed by atoms with Gasteiger partial charge >= 0.3 is 0 Å². The molecule has 0 amide bonds. The van der Waals surface area contributed by atoms with Gasteiger partial charge in [-0.3, -0.25) is 0 Å². The van der Waals surface area contributed by atoms with E-state index in [2.05, 4.69) is 11.4 Å². The molecule has 17 heavy (non-hydrogen) atoms. The van der Waals surface area contributed by atoms with Crippen LogP contribution in [-0.2, 0) is 17.8 Å². The molecule has 3 nitrogen and oxygen atoms in total. The van der Waals surface area contributed by atoms with Crippen molar-refractivity contribution in [1.82, 2.24) is 5.32 Å². The van der Waals surface area contributed by atoms with Crippen LogP contribution in [0.5, 0.6) is 5.75 Å². The van der Waals surface area contributed by atoms with Crippen LogP contribution in [0.1, 0.15) is 24.0 Å². The predicted octanol–water partition coefficient (Wildman–Crippen LogP) is 2.08. The minimum atomic E-state index is 0.355. The largest absolute Gasteiger partial charge is 0.508 e. The normalized spacial score (nSPS) is 20.4. The Bertz CT molecular complexity index is 359. The van der Waals surface area contributed by atoms with Gasteiger partial charge < -0.3 is 15.2 Å². The van der Waals surface area contributed by atoms with Gasteiger partial charge in [0.05, 0.1) is 6.61 Å². The predicted molar refractivity (Wildman–Crippen MR) is 68.1 cm³/mol. The van der Waals surface area contributed by atoms with Gasteiger partial charge in [0.1, 0.15) is 5.75 Å². The monoisotopic (exact) mass is 235 g/mol. The standard InChI is InChI=1S/C14H21NO2/c1-17-10-13-5-4-11(8-14(13)16)7-12-3-2-6-15-9-12/h4-5,8,12,15-16H,2-3,6-7,9-10H2,1H3. The summed E-state index contributed by atoms with van der Waals surface area (Å²) in [5.41, 5.74) is 2.08. The first-order chi connectivity index (χ1) is 8.29. The van der Waals surface area contributed by atoms with E-state index in [1.807, 2.05) is 12.1 Å². The van der Waals surface area contributed by atoms with Crippen molar-refractivity contribution in [1.29, 1.82) is 0 Å². The molecule has 2 N–H and O–H groups in total. The highest BCUT2D eigenvalue weighted by atomic mass is 16.5. The van der Waals surface area contributed by atoms with Crippen molar-refractivity contribution < 1.29 is 9.84 Å². The molecule has 0 aromatic heterocycles. The van der Waals surface area contributed by atoms with E-state index in [9.17, 15) is 5.11 Å². The SMILES string of the molecule is COCc1ccc(CC2CCCNC2)cc1O. The van der Waals surface area contributed by atoms with Gasteiger partial charge in [0.15, 0.2) is 0 Å². The lowest BCUT2D eigenvalue weighted by Gasteiger charge is -2.22. The average Bonchev–Trinajstić information content (AvgIpc) is 2.34. The first kappa shape index (κ1) is 12.4. The second-order valence-electron chi connectivity index (χ2n) is 4.81. The van der Waals surface area contributed by atoms with Gasteiger partial charge in [0.2, 0.25) is 0 Å². The van der Waals surface area contributed by atoms with Crippen LogP contribution >= 0.6 is 0 Å². The van der Waals surface area contributed by atoms with Gasteiger partial charge in [-0.2, -0.15) is 0 Å². The fourth-order valence-electron chi connectivity index (χ4n) is 2.45. The van der Waals surface area contributed by atoms with Crippen LogP contribution in [0.2, 0.25) is 0 Å². The summed E-state index contributed by atoms with van der Waals surface area (Å²) in [7, 11) is 1.64. The van der Waals surface area contributed by atoms with Crippen molar-refractivity contribution in [3.63, 3.8) is 0 Å². The van der Waals surface area contributed by atoms with Crippen molar-refractivity contribution >= 4 is 0 Å². The van der Waals surface area contributed by atoms with Gasteiger partial charge in [-0.25, -0.2) is 0 Å². The van der Waals surface area contributed by atoms with Gasteiger partial charge in [0.25, 0.3) is 0 Å². The fraction of sp³-hybridized carbons (Fsp3) is 0.571. The summed E-state index contributed by atoms with van der Waals surface area (Å²) in [6.07, 6.45) is 3.60. The highest BCUT2D eigenvalue weighted by Crippen LogP contribution is 2.23. The minimum Gasteiger partial charge on any atom is -0.508 e. The topological polar surface area (TPSA) is 41.5 Å². The summed E-state index contributed by atoms with van der Waals surface area (Å²) in [5, 5.41) is 13.3. The van der Waals surface area contributed by atoms with Crippen molar-refractivity contribution in [2.45, 2.75) is 25.9 Å². The second-order valence-corrected chi connectivity index (χ2v) is 4.81. The Hall–Kier alpha value is -1.06. The molecule has 1 aliphatic heterocycles. The van der Waals surface area contributed by atoms with Crippen LogP contribution in [0.4, 0.5) is 0 Å². The lowest BCUT2D eigenvalue weighted by atomic mass is 9.92. The van der Waals surface area contributed by atoms with E-state index in [1.165, 1.54) is 18.4 Å². The van der Waals surface area contributed by atoms with Crippen molar-refractivity contribution in [2.75, 3.05) is 20.2 Å². The molecule has 2 rings (SSSR count). The van der Waals surface area contributed by atoms with Crippen LogP contribution in [0.3, 0.4) is 0 Å². The van der Waals surface area contributed by atoms with Gasteiger partial charge in [0, 0.05) is 12.7 Å². The molecule has 1 heterocycles. The summed E-state index contributed by atoms with van der Waals surface area (Å²) in [5.74, 6) is 1.06. The average molecular weight is 235 g/mol. The fourth-order valence-corrected chi connectivity index (χ4v) is 2.45. The molecule has 1 atom stereocenters. The number of phenols is 1. The molecule has 1 aromatic carbocycles. The van der Waals surface area contributed by atoms with Crippen molar-refractivity contribution in [3.05, 3.63) is 29.3 Å². The number of piperidine rings is 1. The van der Waals surface area contributed by atoms with Gasteiger partial charge in [-0.15, -0.1) is 0 Å². The number of phenolic OH excluding ortho intramolecular Hbond substituents is 1. The maximum absolute atomic E-state index is 9.86. The Kier molecular flexibility index (Phi) is 4.40. The number of rotatable bonds is 4. The Balaban J connectivity index is 1.98. The third-order valence-electron chi connectivity index (χ3n) is 3.37. The molecule has 0 aliphatic carbocycles. The zero-order chi connectivity index (χ0) is 12.1. The Morgan fingerprint density at radius 1 is 1.47 bits per heavy atom. The third-order valence-corrected chi connectivity index (χ3v) is 3.37. The minimum absolute atomic E-state index is 0.355. The molecule has 3 heteroatoms. The maximum Gasteiger partial charge on any atom is 0.121 e.